The second-order valence-corrected chi connectivity index (χ2v) is 2.90. The van der Waals surface area contributed by atoms with Gasteiger partial charge in [0.25, 0.3) is 0 Å². The lowest BCUT2D eigenvalue weighted by Gasteiger charge is -1.95. The summed E-state index contributed by atoms with van der Waals surface area (Å²) in [6.07, 6.45) is 4.89. The van der Waals surface area contributed by atoms with Gasteiger partial charge in [0.15, 0.2) is 0 Å². The van der Waals surface area contributed by atoms with Crippen molar-refractivity contribution in [3.8, 4) is 6.07 Å². The van der Waals surface area contributed by atoms with E-state index in [-0.39, 0.29) is 0 Å². The van der Waals surface area contributed by atoms with Crippen molar-refractivity contribution in [1.29, 1.82) is 5.26 Å². The zero-order valence-electron chi connectivity index (χ0n) is 7.92. The second kappa shape index (κ2) is 4.25. The summed E-state index contributed by atoms with van der Waals surface area (Å²) >= 11 is 0. The zero-order valence-corrected chi connectivity index (χ0v) is 7.92. The van der Waals surface area contributed by atoms with E-state index in [4.69, 9.17) is 9.68 Å². The van der Waals surface area contributed by atoms with Crippen LogP contribution in [0, 0.1) is 11.3 Å². The molecule has 2 heterocycles. The van der Waals surface area contributed by atoms with Gasteiger partial charge in [-0.25, -0.2) is 0 Å². The fourth-order valence-corrected chi connectivity index (χ4v) is 1.20. The molecule has 2 aromatic heterocycles. The Hall–Kier alpha value is -2.34. The molecular weight excluding hydrogens is 188 g/mol. The largest absolute Gasteiger partial charge is 0.465 e. The number of allylic oxidation sites excluding steroid dienone is 1. The first-order valence-corrected chi connectivity index (χ1v) is 4.47. The van der Waals surface area contributed by atoms with Gasteiger partial charge in [0.2, 0.25) is 0 Å². The Kier molecular flexibility index (Phi) is 2.61. The van der Waals surface area contributed by atoms with Gasteiger partial charge in [0.05, 0.1) is 17.5 Å². The lowest BCUT2D eigenvalue weighted by atomic mass is 10.1. The summed E-state index contributed by atoms with van der Waals surface area (Å²) in [7, 11) is 0. The quantitative estimate of drug-likeness (QED) is 0.694. The van der Waals surface area contributed by atoms with Crippen molar-refractivity contribution in [1.82, 2.24) is 4.98 Å². The van der Waals surface area contributed by atoms with Crippen LogP contribution in [-0.2, 0) is 0 Å². The first kappa shape index (κ1) is 9.22. The number of nitriles is 1. The fourth-order valence-electron chi connectivity index (χ4n) is 1.20. The minimum Gasteiger partial charge on any atom is -0.465 e. The van der Waals surface area contributed by atoms with Crippen molar-refractivity contribution in [3.63, 3.8) is 0 Å². The average Bonchev–Trinajstić information content (AvgIpc) is 2.80. The topological polar surface area (TPSA) is 49.8 Å². The molecule has 0 atom stereocenters. The summed E-state index contributed by atoms with van der Waals surface area (Å²) in [5, 5.41) is 8.98. The van der Waals surface area contributed by atoms with E-state index in [0.29, 0.717) is 17.0 Å². The first-order valence-electron chi connectivity index (χ1n) is 4.47. The van der Waals surface area contributed by atoms with Crippen LogP contribution >= 0.6 is 0 Å². The molecule has 0 aliphatic heterocycles. The molecule has 0 fully saturated rings. The molecule has 0 saturated carbocycles. The Morgan fingerprint density at radius 3 is 2.87 bits per heavy atom. The Morgan fingerprint density at radius 2 is 2.27 bits per heavy atom. The van der Waals surface area contributed by atoms with Gasteiger partial charge in [-0.05, 0) is 24.3 Å². The molecule has 0 saturated heterocycles. The summed E-state index contributed by atoms with van der Waals surface area (Å²) in [4.78, 5) is 4.10. The van der Waals surface area contributed by atoms with Crippen LogP contribution in [0.25, 0.3) is 11.6 Å². The molecule has 2 rings (SSSR count). The monoisotopic (exact) mass is 196 g/mol. The normalized spacial score (nSPS) is 11.0. The summed E-state index contributed by atoms with van der Waals surface area (Å²) in [6, 6.07) is 11.1. The van der Waals surface area contributed by atoms with E-state index in [1.54, 1.807) is 36.7 Å². The fraction of sp³-hybridized carbons (Fsp3) is 0. The number of nitrogens with zero attached hydrogens (tertiary/aromatic N) is 2. The van der Waals surface area contributed by atoms with Crippen LogP contribution in [0.3, 0.4) is 0 Å². The highest BCUT2D eigenvalue weighted by Crippen LogP contribution is 2.15. The van der Waals surface area contributed by atoms with E-state index in [9.17, 15) is 0 Å². The molecule has 0 bridgehead atoms. The number of hydrogen-bond donors (Lipinski definition) is 0. The van der Waals surface area contributed by atoms with Crippen LogP contribution < -0.4 is 0 Å². The van der Waals surface area contributed by atoms with Gasteiger partial charge in [0.1, 0.15) is 11.8 Å². The van der Waals surface area contributed by atoms with Crippen LogP contribution in [0.15, 0.2) is 47.2 Å². The maximum Gasteiger partial charge on any atom is 0.128 e. The van der Waals surface area contributed by atoms with E-state index in [1.165, 1.54) is 0 Å². The molecule has 0 aliphatic carbocycles. The Bertz CT molecular complexity index is 492. The second-order valence-electron chi connectivity index (χ2n) is 2.90. The van der Waals surface area contributed by atoms with E-state index in [1.807, 2.05) is 12.1 Å². The molecule has 3 nitrogen and oxygen atoms in total. The average molecular weight is 196 g/mol. The van der Waals surface area contributed by atoms with Crippen molar-refractivity contribution < 1.29 is 4.42 Å². The van der Waals surface area contributed by atoms with Crippen LogP contribution in [0.2, 0.25) is 0 Å². The number of rotatable bonds is 2. The molecule has 15 heavy (non-hydrogen) atoms. The minimum atomic E-state index is 0.491. The highest BCUT2D eigenvalue weighted by Gasteiger charge is 2.02. The van der Waals surface area contributed by atoms with Gasteiger partial charge in [-0.3, -0.25) is 4.98 Å². The zero-order chi connectivity index (χ0) is 10.5. The molecule has 0 aliphatic rings. The minimum absolute atomic E-state index is 0.491. The molecule has 0 aromatic carbocycles. The molecule has 2 aromatic rings. The van der Waals surface area contributed by atoms with Gasteiger partial charge in [-0.1, -0.05) is 6.07 Å². The number of pyridine rings is 1. The molecule has 0 N–H and O–H groups in total. The Morgan fingerprint density at radius 1 is 1.33 bits per heavy atom. The van der Waals surface area contributed by atoms with Crippen LogP contribution in [0.4, 0.5) is 0 Å². The van der Waals surface area contributed by atoms with Crippen molar-refractivity contribution in [2.75, 3.05) is 0 Å². The Balaban J connectivity index is 2.38. The molecule has 72 valence electrons. The molecule has 0 radical (unpaired) electrons. The van der Waals surface area contributed by atoms with Crippen LogP contribution in [-0.4, -0.2) is 4.98 Å². The van der Waals surface area contributed by atoms with Crippen LogP contribution in [0.5, 0.6) is 0 Å². The predicted octanol–water partition coefficient (Wildman–Crippen LogP) is 2.74. The highest BCUT2D eigenvalue weighted by atomic mass is 16.3. The van der Waals surface area contributed by atoms with Gasteiger partial charge >= 0.3 is 0 Å². The number of furan rings is 1. The van der Waals surface area contributed by atoms with E-state index in [0.717, 1.165) is 0 Å². The maximum absolute atomic E-state index is 8.98. The number of hydrogen-bond acceptors (Lipinski definition) is 3. The smallest absolute Gasteiger partial charge is 0.128 e. The molecular formula is C12H8N2O. The molecule has 3 heteroatoms. The third kappa shape index (κ3) is 2.12. The lowest BCUT2D eigenvalue weighted by molar-refractivity contribution is 0.557. The van der Waals surface area contributed by atoms with Gasteiger partial charge in [0, 0.05) is 12.3 Å². The number of aromatic nitrogens is 1. The van der Waals surface area contributed by atoms with Gasteiger partial charge < -0.3 is 4.42 Å². The van der Waals surface area contributed by atoms with Gasteiger partial charge in [-0.2, -0.15) is 5.26 Å². The van der Waals surface area contributed by atoms with Crippen molar-refractivity contribution in [2.24, 2.45) is 0 Å². The summed E-state index contributed by atoms with van der Waals surface area (Å²) < 4.78 is 5.13. The van der Waals surface area contributed by atoms with Crippen molar-refractivity contribution in [3.05, 3.63) is 54.2 Å². The summed E-state index contributed by atoms with van der Waals surface area (Å²) in [6.45, 7) is 0. The van der Waals surface area contributed by atoms with Gasteiger partial charge in [-0.15, -0.1) is 0 Å². The first-order chi connectivity index (χ1) is 7.40. The van der Waals surface area contributed by atoms with Crippen LogP contribution in [0.1, 0.15) is 11.5 Å². The SMILES string of the molecule is N#C/C(=C/c1ccco1)c1ccccn1. The Labute approximate surface area is 87.3 Å². The molecule has 0 unspecified atom stereocenters. The lowest BCUT2D eigenvalue weighted by Crippen LogP contribution is -1.84. The highest BCUT2D eigenvalue weighted by molar-refractivity contribution is 5.87. The van der Waals surface area contributed by atoms with E-state index in [2.05, 4.69) is 11.1 Å². The van der Waals surface area contributed by atoms with E-state index >= 15 is 0 Å². The molecule has 0 amide bonds. The van der Waals surface area contributed by atoms with Crippen molar-refractivity contribution >= 4 is 11.6 Å². The summed E-state index contributed by atoms with van der Waals surface area (Å²) in [5.74, 6) is 0.650. The third-order valence-corrected chi connectivity index (χ3v) is 1.89. The van der Waals surface area contributed by atoms with Crippen molar-refractivity contribution in [2.45, 2.75) is 0 Å². The third-order valence-electron chi connectivity index (χ3n) is 1.89. The molecule has 0 spiro atoms. The maximum atomic E-state index is 8.98. The summed E-state index contributed by atoms with van der Waals surface area (Å²) in [5.41, 5.74) is 1.14. The predicted molar refractivity (Wildman–Crippen MR) is 56.4 cm³/mol. The standard InChI is InChI=1S/C12H8N2O/c13-9-10(8-11-4-3-7-15-11)12-5-1-2-6-14-12/h1-8H/b10-8-. The van der Waals surface area contributed by atoms with E-state index < -0.39 is 0 Å².